The summed E-state index contributed by atoms with van der Waals surface area (Å²) in [5.41, 5.74) is 2.65. The predicted molar refractivity (Wildman–Crippen MR) is 125 cm³/mol. The second kappa shape index (κ2) is 10.8. The lowest BCUT2D eigenvalue weighted by Crippen LogP contribution is -2.29. The van der Waals surface area contributed by atoms with Crippen molar-refractivity contribution >= 4 is 12.1 Å². The quantitative estimate of drug-likeness (QED) is 0.591. The molecule has 2 aromatic rings. The van der Waals surface area contributed by atoms with Gasteiger partial charge < -0.3 is 19.9 Å². The molecule has 0 saturated heterocycles. The number of amides is 1. The van der Waals surface area contributed by atoms with E-state index in [-0.39, 0.29) is 24.0 Å². The van der Waals surface area contributed by atoms with Crippen LogP contribution < -0.4 is 10.1 Å². The Labute approximate surface area is 200 Å². The van der Waals surface area contributed by atoms with Crippen molar-refractivity contribution in [3.63, 3.8) is 0 Å². The second-order valence-electron chi connectivity index (χ2n) is 10.0. The van der Waals surface area contributed by atoms with Gasteiger partial charge in [-0.05, 0) is 56.6 Å². The number of carbonyl (C=O) groups is 2. The van der Waals surface area contributed by atoms with Gasteiger partial charge in [-0.3, -0.25) is 4.79 Å². The zero-order chi connectivity index (χ0) is 24.9. The van der Waals surface area contributed by atoms with E-state index in [1.165, 1.54) is 0 Å². The van der Waals surface area contributed by atoms with Crippen LogP contribution >= 0.6 is 0 Å². The van der Waals surface area contributed by atoms with Crippen LogP contribution in [-0.2, 0) is 23.1 Å². The van der Waals surface area contributed by atoms with Crippen molar-refractivity contribution in [3.8, 4) is 17.1 Å². The molecule has 0 unspecified atom stereocenters. The molecule has 2 N–H and O–H groups in total. The van der Waals surface area contributed by atoms with E-state index in [1.807, 2.05) is 13.0 Å². The normalized spacial score (nSPS) is 18.4. The van der Waals surface area contributed by atoms with Crippen molar-refractivity contribution in [2.24, 2.45) is 18.4 Å². The zero-order valence-electron chi connectivity index (χ0n) is 20.6. The van der Waals surface area contributed by atoms with Crippen molar-refractivity contribution in [2.75, 3.05) is 6.61 Å². The van der Waals surface area contributed by atoms with Gasteiger partial charge in [-0.2, -0.15) is 0 Å². The molecule has 3 rings (SSSR count). The highest BCUT2D eigenvalue weighted by Crippen LogP contribution is 2.30. The fourth-order valence-electron chi connectivity index (χ4n) is 3.89. The van der Waals surface area contributed by atoms with Crippen LogP contribution in [0.4, 0.5) is 4.79 Å². The molecule has 0 aliphatic heterocycles. The molecule has 0 bridgehead atoms. The fraction of sp³-hybridized carbons (Fsp3) is 0.625. The molecule has 2 aromatic heterocycles. The van der Waals surface area contributed by atoms with Crippen molar-refractivity contribution in [2.45, 2.75) is 72.4 Å². The van der Waals surface area contributed by atoms with Crippen LogP contribution in [0.5, 0.6) is 5.75 Å². The Bertz CT molecular complexity index is 1010. The number of aliphatic carboxylic acids is 1. The molecule has 34 heavy (non-hydrogen) atoms. The number of aromatic nitrogens is 4. The van der Waals surface area contributed by atoms with Gasteiger partial charge in [0, 0.05) is 7.05 Å². The maximum atomic E-state index is 12.1. The number of carboxylic acid groups (broad SMARTS) is 1. The van der Waals surface area contributed by atoms with E-state index in [9.17, 15) is 14.7 Å². The van der Waals surface area contributed by atoms with Crippen molar-refractivity contribution in [1.29, 1.82) is 0 Å². The molecule has 186 valence electrons. The van der Waals surface area contributed by atoms with E-state index in [2.05, 4.69) is 41.4 Å². The number of pyridine rings is 1. The minimum atomic E-state index is -0.764. The summed E-state index contributed by atoms with van der Waals surface area (Å²) in [6.07, 6.45) is 3.01. The molecular weight excluding hydrogens is 438 g/mol. The van der Waals surface area contributed by atoms with Gasteiger partial charge in [0.25, 0.3) is 0 Å². The first kappa shape index (κ1) is 25.5. The van der Waals surface area contributed by atoms with E-state index in [1.54, 1.807) is 17.8 Å². The third-order valence-corrected chi connectivity index (χ3v) is 5.98. The number of alkyl carbamates (subject to hydrolysis) is 1. The average molecular weight is 474 g/mol. The SMILES string of the molecule is Cc1nc(-c2nnn(C)c2CNC(=O)OCCC(C)(C)C)ccc1O[C@H]1CCC[C@H](C(=O)O)C1. The Hall–Kier alpha value is -3.17. The van der Waals surface area contributed by atoms with Crippen LogP contribution in [0.25, 0.3) is 11.4 Å². The van der Waals surface area contributed by atoms with Crippen molar-refractivity contribution < 1.29 is 24.2 Å². The molecule has 1 aliphatic carbocycles. The zero-order valence-corrected chi connectivity index (χ0v) is 20.6. The highest BCUT2D eigenvalue weighted by molar-refractivity contribution is 5.70. The number of aryl methyl sites for hydroxylation is 2. The van der Waals surface area contributed by atoms with Gasteiger partial charge in [-0.1, -0.05) is 26.0 Å². The molecular formula is C24H35N5O5. The van der Waals surface area contributed by atoms with Crippen LogP contribution in [0, 0.1) is 18.3 Å². The van der Waals surface area contributed by atoms with Gasteiger partial charge >= 0.3 is 12.1 Å². The second-order valence-corrected chi connectivity index (χ2v) is 10.0. The van der Waals surface area contributed by atoms with E-state index in [0.29, 0.717) is 48.0 Å². The average Bonchev–Trinajstić information content (AvgIpc) is 3.13. The molecule has 1 fully saturated rings. The Morgan fingerprint density at radius 3 is 2.71 bits per heavy atom. The molecule has 0 aromatic carbocycles. The summed E-state index contributed by atoms with van der Waals surface area (Å²) in [5, 5.41) is 20.4. The minimum absolute atomic E-state index is 0.0910. The summed E-state index contributed by atoms with van der Waals surface area (Å²) < 4.78 is 13.0. The van der Waals surface area contributed by atoms with E-state index < -0.39 is 12.1 Å². The maximum absolute atomic E-state index is 12.1. The number of rotatable bonds is 8. The van der Waals surface area contributed by atoms with Crippen molar-refractivity contribution in [1.82, 2.24) is 25.3 Å². The Morgan fingerprint density at radius 2 is 2.03 bits per heavy atom. The third kappa shape index (κ3) is 6.91. The lowest BCUT2D eigenvalue weighted by molar-refractivity contribution is -0.143. The standard InChI is InChI=1S/C24H35N5O5/c1-15-20(34-17-8-6-7-16(13-17)22(30)31)10-9-18(26-15)21-19(29(5)28-27-21)14-25-23(32)33-12-11-24(2,3)4/h9-10,16-17H,6-8,11-14H2,1-5H3,(H,25,32)(H,30,31)/t16-,17-/m0/s1. The number of hydrogen-bond acceptors (Lipinski definition) is 7. The summed E-state index contributed by atoms with van der Waals surface area (Å²) in [6.45, 7) is 8.67. The number of hydrogen-bond donors (Lipinski definition) is 2. The Morgan fingerprint density at radius 1 is 1.26 bits per heavy atom. The molecule has 0 radical (unpaired) electrons. The van der Waals surface area contributed by atoms with Crippen molar-refractivity contribution in [3.05, 3.63) is 23.5 Å². The highest BCUT2D eigenvalue weighted by atomic mass is 16.5. The topological polar surface area (TPSA) is 128 Å². The molecule has 10 heteroatoms. The van der Waals surface area contributed by atoms with Gasteiger partial charge in [0.2, 0.25) is 0 Å². The van der Waals surface area contributed by atoms with Crippen LogP contribution in [0.15, 0.2) is 12.1 Å². The number of carbonyl (C=O) groups excluding carboxylic acids is 1. The number of nitrogens with one attached hydrogen (secondary N) is 1. The van der Waals surface area contributed by atoms with Gasteiger partial charge in [-0.15, -0.1) is 5.10 Å². The Kier molecular flexibility index (Phi) is 8.11. The lowest BCUT2D eigenvalue weighted by Gasteiger charge is -2.27. The molecule has 1 saturated carbocycles. The molecule has 10 nitrogen and oxygen atoms in total. The van der Waals surface area contributed by atoms with Gasteiger partial charge in [0.05, 0.1) is 42.3 Å². The summed E-state index contributed by atoms with van der Waals surface area (Å²) in [7, 11) is 1.75. The van der Waals surface area contributed by atoms with Crippen LogP contribution in [0.2, 0.25) is 0 Å². The number of nitrogens with zero attached hydrogens (tertiary/aromatic N) is 4. The first-order chi connectivity index (χ1) is 16.0. The largest absolute Gasteiger partial charge is 0.489 e. The Balaban J connectivity index is 1.64. The molecule has 0 spiro atoms. The maximum Gasteiger partial charge on any atom is 0.407 e. The number of carboxylic acids is 1. The number of ether oxygens (including phenoxy) is 2. The van der Waals surface area contributed by atoms with Gasteiger partial charge in [0.1, 0.15) is 11.4 Å². The van der Waals surface area contributed by atoms with Crippen LogP contribution in [-0.4, -0.2) is 49.9 Å². The highest BCUT2D eigenvalue weighted by Gasteiger charge is 2.28. The first-order valence-corrected chi connectivity index (χ1v) is 11.7. The molecule has 2 heterocycles. The van der Waals surface area contributed by atoms with Crippen LogP contribution in [0.1, 0.15) is 64.3 Å². The van der Waals surface area contributed by atoms with E-state index in [4.69, 9.17) is 9.47 Å². The summed E-state index contributed by atoms with van der Waals surface area (Å²) in [5.74, 6) is -0.493. The smallest absolute Gasteiger partial charge is 0.407 e. The summed E-state index contributed by atoms with van der Waals surface area (Å²) in [6, 6.07) is 3.63. The lowest BCUT2D eigenvalue weighted by atomic mass is 9.87. The molecule has 2 atom stereocenters. The summed E-state index contributed by atoms with van der Waals surface area (Å²) >= 11 is 0. The first-order valence-electron chi connectivity index (χ1n) is 11.7. The predicted octanol–water partition coefficient (Wildman–Crippen LogP) is 3.87. The van der Waals surface area contributed by atoms with E-state index >= 15 is 0 Å². The van der Waals surface area contributed by atoms with Gasteiger partial charge in [0.15, 0.2) is 0 Å². The fourth-order valence-corrected chi connectivity index (χ4v) is 3.89. The summed E-state index contributed by atoms with van der Waals surface area (Å²) in [4.78, 5) is 28.0. The monoisotopic (exact) mass is 473 g/mol. The van der Waals surface area contributed by atoms with Crippen LogP contribution in [0.3, 0.4) is 0 Å². The van der Waals surface area contributed by atoms with E-state index in [0.717, 1.165) is 19.3 Å². The molecule has 1 aliphatic rings. The van der Waals surface area contributed by atoms with Gasteiger partial charge in [-0.25, -0.2) is 14.5 Å². The third-order valence-electron chi connectivity index (χ3n) is 5.98. The minimum Gasteiger partial charge on any atom is -0.489 e. The molecule has 1 amide bonds.